The number of nitrogens with zero attached hydrogens (tertiary/aromatic N) is 1. The summed E-state index contributed by atoms with van der Waals surface area (Å²) >= 11 is 5.76. The lowest BCUT2D eigenvalue weighted by Crippen LogP contribution is -2.21. The third-order valence-corrected chi connectivity index (χ3v) is 4.88. The van der Waals surface area contributed by atoms with Crippen molar-refractivity contribution in [2.45, 2.75) is 11.7 Å². The fourth-order valence-electron chi connectivity index (χ4n) is 1.69. The fraction of sp³-hybridized carbons (Fsp3) is 0.214. The molecule has 0 fully saturated rings. The van der Waals surface area contributed by atoms with Gasteiger partial charge in [0.05, 0.1) is 5.56 Å². The number of furan rings is 1. The van der Waals surface area contributed by atoms with Crippen LogP contribution in [0.1, 0.15) is 16.1 Å². The van der Waals surface area contributed by atoms with Crippen molar-refractivity contribution in [1.29, 1.82) is 0 Å². The van der Waals surface area contributed by atoms with E-state index < -0.39 is 16.0 Å². The molecular weight excluding hydrogens is 344 g/mol. The number of sulfonamides is 1. The number of halogens is 1. The van der Waals surface area contributed by atoms with Crippen molar-refractivity contribution in [3.05, 3.63) is 46.7 Å². The molecule has 1 aromatic carbocycles. The standard InChI is InChI=1S/C14H15ClN2O5S/c1-17(2)23(19,20)13-6-4-10(22-13)8-21-14(18)11-5-3-9(15)7-12(11)16/h3-7H,8,16H2,1-2H3. The van der Waals surface area contributed by atoms with Gasteiger partial charge in [-0.15, -0.1) is 0 Å². The highest BCUT2D eigenvalue weighted by atomic mass is 35.5. The molecule has 0 aliphatic heterocycles. The van der Waals surface area contributed by atoms with E-state index in [9.17, 15) is 13.2 Å². The minimum Gasteiger partial charge on any atom is -0.454 e. The highest BCUT2D eigenvalue weighted by molar-refractivity contribution is 7.88. The molecule has 1 aromatic heterocycles. The van der Waals surface area contributed by atoms with Crippen LogP contribution in [0, 0.1) is 0 Å². The fourth-order valence-corrected chi connectivity index (χ4v) is 2.68. The molecule has 2 N–H and O–H groups in total. The average Bonchev–Trinajstić information content (AvgIpc) is 2.94. The second kappa shape index (κ2) is 6.61. The SMILES string of the molecule is CN(C)S(=O)(=O)c1ccc(COC(=O)c2ccc(Cl)cc2N)o1. The van der Waals surface area contributed by atoms with Crippen LogP contribution in [0.25, 0.3) is 0 Å². The summed E-state index contributed by atoms with van der Waals surface area (Å²) < 4.78 is 35.0. The summed E-state index contributed by atoms with van der Waals surface area (Å²) in [5.74, 6) is -0.459. The van der Waals surface area contributed by atoms with Crippen LogP contribution >= 0.6 is 11.6 Å². The molecule has 0 radical (unpaired) electrons. The minimum atomic E-state index is -3.67. The molecule has 2 rings (SSSR count). The van der Waals surface area contributed by atoms with Crippen LogP contribution in [0.3, 0.4) is 0 Å². The molecule has 0 aliphatic rings. The maximum absolute atomic E-state index is 11.9. The largest absolute Gasteiger partial charge is 0.454 e. The zero-order chi connectivity index (χ0) is 17.2. The van der Waals surface area contributed by atoms with Crippen molar-refractivity contribution in [2.75, 3.05) is 19.8 Å². The van der Waals surface area contributed by atoms with E-state index in [0.29, 0.717) is 5.02 Å². The van der Waals surface area contributed by atoms with Gasteiger partial charge in [-0.05, 0) is 30.3 Å². The number of nitrogen functional groups attached to an aromatic ring is 1. The van der Waals surface area contributed by atoms with Crippen molar-refractivity contribution in [3.63, 3.8) is 0 Å². The Morgan fingerprint density at radius 1 is 1.30 bits per heavy atom. The van der Waals surface area contributed by atoms with Crippen molar-refractivity contribution >= 4 is 33.3 Å². The molecule has 9 heteroatoms. The lowest BCUT2D eigenvalue weighted by atomic mass is 10.2. The summed E-state index contributed by atoms with van der Waals surface area (Å²) in [6.45, 7) is -0.218. The summed E-state index contributed by atoms with van der Waals surface area (Å²) in [4.78, 5) is 11.9. The number of ether oxygens (including phenoxy) is 1. The molecule has 0 amide bonds. The number of carbonyl (C=O) groups is 1. The van der Waals surface area contributed by atoms with E-state index in [1.807, 2.05) is 0 Å². The first-order valence-corrected chi connectivity index (χ1v) is 8.27. The number of hydrogen-bond donors (Lipinski definition) is 1. The Balaban J connectivity index is 2.07. The van der Waals surface area contributed by atoms with Crippen LogP contribution in [-0.4, -0.2) is 32.8 Å². The third kappa shape index (κ3) is 3.84. The van der Waals surface area contributed by atoms with Gasteiger partial charge in [-0.2, -0.15) is 0 Å². The number of esters is 1. The van der Waals surface area contributed by atoms with Crippen LogP contribution in [0.5, 0.6) is 0 Å². The van der Waals surface area contributed by atoms with Gasteiger partial charge in [0.25, 0.3) is 10.0 Å². The van der Waals surface area contributed by atoms with Gasteiger partial charge in [0.1, 0.15) is 12.4 Å². The predicted molar refractivity (Wildman–Crippen MR) is 84.6 cm³/mol. The summed E-state index contributed by atoms with van der Waals surface area (Å²) in [5, 5.41) is 0.183. The Kier molecular flexibility index (Phi) is 4.98. The van der Waals surface area contributed by atoms with Crippen LogP contribution in [0.2, 0.25) is 5.02 Å². The van der Waals surface area contributed by atoms with Crippen LogP contribution in [0.4, 0.5) is 5.69 Å². The Morgan fingerprint density at radius 2 is 2.00 bits per heavy atom. The molecule has 7 nitrogen and oxygen atoms in total. The molecule has 0 spiro atoms. The molecule has 23 heavy (non-hydrogen) atoms. The van der Waals surface area contributed by atoms with E-state index in [4.69, 9.17) is 26.5 Å². The second-order valence-corrected chi connectivity index (χ2v) is 7.34. The average molecular weight is 359 g/mol. The molecule has 0 atom stereocenters. The lowest BCUT2D eigenvalue weighted by Gasteiger charge is -2.08. The quantitative estimate of drug-likeness (QED) is 0.648. The number of carbonyl (C=O) groups excluding carboxylic acids is 1. The molecule has 2 aromatic rings. The Hall–Kier alpha value is -2.03. The highest BCUT2D eigenvalue weighted by Crippen LogP contribution is 2.21. The van der Waals surface area contributed by atoms with Gasteiger partial charge >= 0.3 is 5.97 Å². The zero-order valence-corrected chi connectivity index (χ0v) is 14.0. The van der Waals surface area contributed by atoms with Gasteiger partial charge in [0, 0.05) is 24.8 Å². The third-order valence-electron chi connectivity index (χ3n) is 2.95. The van der Waals surface area contributed by atoms with Gasteiger partial charge in [0.2, 0.25) is 5.09 Å². The maximum atomic E-state index is 11.9. The first kappa shape index (κ1) is 17.3. The minimum absolute atomic E-state index is 0.169. The Morgan fingerprint density at radius 3 is 2.61 bits per heavy atom. The van der Waals surface area contributed by atoms with Crippen molar-refractivity contribution < 1.29 is 22.4 Å². The van der Waals surface area contributed by atoms with Gasteiger partial charge in [-0.1, -0.05) is 11.6 Å². The van der Waals surface area contributed by atoms with E-state index in [2.05, 4.69) is 0 Å². The lowest BCUT2D eigenvalue weighted by molar-refractivity contribution is 0.0442. The van der Waals surface area contributed by atoms with Crippen LogP contribution in [-0.2, 0) is 21.4 Å². The van der Waals surface area contributed by atoms with Crippen molar-refractivity contribution in [2.24, 2.45) is 0 Å². The number of rotatable bonds is 5. The molecule has 0 bridgehead atoms. The highest BCUT2D eigenvalue weighted by Gasteiger charge is 2.22. The summed E-state index contributed by atoms with van der Waals surface area (Å²) in [5.41, 5.74) is 6.05. The molecule has 0 aliphatic carbocycles. The van der Waals surface area contributed by atoms with Gasteiger partial charge in [-0.3, -0.25) is 0 Å². The predicted octanol–water partition coefficient (Wildman–Crippen LogP) is 2.12. The normalized spacial score (nSPS) is 11.7. The van der Waals surface area contributed by atoms with Crippen molar-refractivity contribution in [3.8, 4) is 0 Å². The first-order valence-electron chi connectivity index (χ1n) is 6.45. The summed E-state index contributed by atoms with van der Waals surface area (Å²) in [6, 6.07) is 7.13. The van der Waals surface area contributed by atoms with Crippen molar-refractivity contribution in [1.82, 2.24) is 4.31 Å². The zero-order valence-electron chi connectivity index (χ0n) is 12.4. The number of nitrogens with two attached hydrogens (primary N) is 1. The second-order valence-electron chi connectivity index (χ2n) is 4.82. The topological polar surface area (TPSA) is 103 Å². The number of hydrogen-bond acceptors (Lipinski definition) is 6. The Labute approximate surface area is 138 Å². The summed E-state index contributed by atoms with van der Waals surface area (Å²) in [6.07, 6.45) is 0. The molecule has 1 heterocycles. The molecule has 0 unspecified atom stereocenters. The molecule has 0 saturated carbocycles. The van der Waals surface area contributed by atoms with E-state index in [1.165, 1.54) is 44.4 Å². The molecule has 124 valence electrons. The smallest absolute Gasteiger partial charge is 0.340 e. The van der Waals surface area contributed by atoms with Gasteiger partial charge in [0.15, 0.2) is 0 Å². The van der Waals surface area contributed by atoms with Gasteiger partial charge in [-0.25, -0.2) is 17.5 Å². The van der Waals surface area contributed by atoms with E-state index in [0.717, 1.165) is 4.31 Å². The van der Waals surface area contributed by atoms with E-state index in [-0.39, 0.29) is 28.7 Å². The van der Waals surface area contributed by atoms with Crippen LogP contribution < -0.4 is 5.73 Å². The van der Waals surface area contributed by atoms with Crippen LogP contribution in [0.15, 0.2) is 39.8 Å². The number of benzene rings is 1. The Bertz CT molecular complexity index is 829. The molecule has 0 saturated heterocycles. The monoisotopic (exact) mass is 358 g/mol. The van der Waals surface area contributed by atoms with Gasteiger partial charge < -0.3 is 14.9 Å². The molecular formula is C14H15ClN2O5S. The van der Waals surface area contributed by atoms with E-state index >= 15 is 0 Å². The first-order chi connectivity index (χ1) is 10.7. The maximum Gasteiger partial charge on any atom is 0.340 e. The summed E-state index contributed by atoms with van der Waals surface area (Å²) in [7, 11) is -0.887. The van der Waals surface area contributed by atoms with E-state index in [1.54, 1.807) is 0 Å². The number of anilines is 1.